The second-order valence-electron chi connectivity index (χ2n) is 9.98. The molecule has 0 aromatic heterocycles. The zero-order valence-corrected chi connectivity index (χ0v) is 22.0. The van der Waals surface area contributed by atoms with E-state index in [1.54, 1.807) is 0 Å². The number of morpholine rings is 1. The molecule has 5 nitrogen and oxygen atoms in total. The van der Waals surface area contributed by atoms with Crippen molar-refractivity contribution in [1.29, 1.82) is 0 Å². The van der Waals surface area contributed by atoms with E-state index >= 15 is 0 Å². The van der Waals surface area contributed by atoms with Crippen LogP contribution in [0, 0.1) is 5.41 Å². The Kier molecular flexibility index (Phi) is 8.54. The van der Waals surface area contributed by atoms with E-state index in [1.165, 1.54) is 0 Å². The normalized spacial score (nSPS) is 26.5. The van der Waals surface area contributed by atoms with Gasteiger partial charge in [-0.05, 0) is 48.2 Å². The van der Waals surface area contributed by atoms with E-state index in [2.05, 4.69) is 22.8 Å². The Labute approximate surface area is 218 Å². The summed E-state index contributed by atoms with van der Waals surface area (Å²) in [7, 11) is 0. The zero-order valence-electron chi connectivity index (χ0n) is 20.5. The molecule has 188 valence electrons. The molecule has 0 saturated carbocycles. The fourth-order valence-electron chi connectivity index (χ4n) is 5.65. The van der Waals surface area contributed by atoms with Crippen LogP contribution < -0.4 is 0 Å². The lowest BCUT2D eigenvalue weighted by atomic mass is 9.67. The van der Waals surface area contributed by atoms with Crippen LogP contribution in [0.1, 0.15) is 56.2 Å². The van der Waals surface area contributed by atoms with Crippen molar-refractivity contribution in [2.24, 2.45) is 5.41 Å². The van der Waals surface area contributed by atoms with Gasteiger partial charge in [0.15, 0.2) is 0 Å². The van der Waals surface area contributed by atoms with E-state index in [1.807, 2.05) is 49.4 Å². The summed E-state index contributed by atoms with van der Waals surface area (Å²) in [6, 6.07) is 15.5. The molecule has 2 fully saturated rings. The predicted molar refractivity (Wildman–Crippen MR) is 140 cm³/mol. The summed E-state index contributed by atoms with van der Waals surface area (Å²) in [6.45, 7) is 7.97. The smallest absolute Gasteiger partial charge is 0.229 e. The Hall–Kier alpha value is -1.92. The van der Waals surface area contributed by atoms with E-state index in [4.69, 9.17) is 27.9 Å². The maximum absolute atomic E-state index is 14.2. The van der Waals surface area contributed by atoms with Crippen molar-refractivity contribution in [2.75, 3.05) is 32.8 Å². The van der Waals surface area contributed by atoms with Crippen LogP contribution in [0.15, 0.2) is 48.5 Å². The first-order valence-electron chi connectivity index (χ1n) is 12.4. The van der Waals surface area contributed by atoms with Gasteiger partial charge in [0, 0.05) is 48.1 Å². The fraction of sp³-hybridized carbons (Fsp3) is 0.500. The van der Waals surface area contributed by atoms with E-state index in [-0.39, 0.29) is 30.3 Å². The minimum atomic E-state index is -0.782. The summed E-state index contributed by atoms with van der Waals surface area (Å²) in [5.74, 6) is 0.0270. The Morgan fingerprint density at radius 2 is 1.80 bits per heavy atom. The molecule has 2 aromatic carbocycles. The van der Waals surface area contributed by atoms with Crippen LogP contribution in [0.25, 0.3) is 0 Å². The van der Waals surface area contributed by atoms with E-state index in [9.17, 15) is 9.59 Å². The van der Waals surface area contributed by atoms with E-state index in [0.717, 1.165) is 43.5 Å². The SMILES string of the molecule is CCC(CN1CCOCC1)N1C(=O)[C@@](C)(CC=O)CC(c2cccc(Cl)c2)[C@H]1c1ccc(Cl)cc1. The summed E-state index contributed by atoms with van der Waals surface area (Å²) in [6.07, 6.45) is 2.46. The van der Waals surface area contributed by atoms with Crippen molar-refractivity contribution in [3.8, 4) is 0 Å². The highest BCUT2D eigenvalue weighted by Crippen LogP contribution is 2.52. The lowest BCUT2D eigenvalue weighted by molar-refractivity contribution is -0.157. The van der Waals surface area contributed by atoms with Crippen molar-refractivity contribution in [3.05, 3.63) is 69.7 Å². The number of likely N-dealkylation sites (tertiary alicyclic amines) is 1. The van der Waals surface area contributed by atoms with Crippen LogP contribution in [-0.4, -0.2) is 60.9 Å². The van der Waals surface area contributed by atoms with Crippen molar-refractivity contribution < 1.29 is 14.3 Å². The van der Waals surface area contributed by atoms with Gasteiger partial charge in [0.05, 0.1) is 24.7 Å². The van der Waals surface area contributed by atoms with Crippen molar-refractivity contribution in [1.82, 2.24) is 9.80 Å². The molecule has 7 heteroatoms. The number of hydrogen-bond acceptors (Lipinski definition) is 4. The lowest BCUT2D eigenvalue weighted by Crippen LogP contribution is -2.58. The second kappa shape index (κ2) is 11.4. The number of amides is 1. The van der Waals surface area contributed by atoms with Gasteiger partial charge in [-0.15, -0.1) is 0 Å². The number of aldehydes is 1. The molecule has 1 amide bonds. The third-order valence-electron chi connectivity index (χ3n) is 7.56. The number of rotatable bonds is 8. The van der Waals surface area contributed by atoms with Gasteiger partial charge < -0.3 is 14.4 Å². The number of carbonyl (C=O) groups is 2. The number of halogens is 2. The van der Waals surface area contributed by atoms with Gasteiger partial charge in [0.25, 0.3) is 0 Å². The number of benzene rings is 2. The minimum absolute atomic E-state index is 0.00533. The van der Waals surface area contributed by atoms with E-state index < -0.39 is 5.41 Å². The molecule has 0 radical (unpaired) electrons. The molecule has 2 aromatic rings. The van der Waals surface area contributed by atoms with Crippen molar-refractivity contribution >= 4 is 35.4 Å². The number of hydrogen-bond donors (Lipinski definition) is 0. The zero-order chi connectivity index (χ0) is 25.0. The van der Waals surface area contributed by atoms with Crippen LogP contribution in [0.3, 0.4) is 0 Å². The van der Waals surface area contributed by atoms with Gasteiger partial charge in [-0.25, -0.2) is 0 Å². The van der Waals surface area contributed by atoms with Gasteiger partial charge in [-0.1, -0.05) is 61.3 Å². The van der Waals surface area contributed by atoms with Gasteiger partial charge in [0.1, 0.15) is 6.29 Å². The van der Waals surface area contributed by atoms with Crippen molar-refractivity contribution in [2.45, 2.75) is 51.1 Å². The highest BCUT2D eigenvalue weighted by molar-refractivity contribution is 6.30. The largest absolute Gasteiger partial charge is 0.379 e. The Balaban J connectivity index is 1.83. The van der Waals surface area contributed by atoms with Gasteiger partial charge in [0.2, 0.25) is 5.91 Å². The quantitative estimate of drug-likeness (QED) is 0.418. The third kappa shape index (κ3) is 5.75. The second-order valence-corrected chi connectivity index (χ2v) is 10.9. The average molecular weight is 517 g/mol. The summed E-state index contributed by atoms with van der Waals surface area (Å²) in [5.41, 5.74) is 1.34. The highest BCUT2D eigenvalue weighted by Gasteiger charge is 2.51. The average Bonchev–Trinajstić information content (AvgIpc) is 2.86. The van der Waals surface area contributed by atoms with Crippen LogP contribution in [0.4, 0.5) is 0 Å². The van der Waals surface area contributed by atoms with Crippen LogP contribution in [-0.2, 0) is 14.3 Å². The molecule has 2 heterocycles. The Morgan fingerprint density at radius 3 is 2.43 bits per heavy atom. The minimum Gasteiger partial charge on any atom is -0.379 e. The number of piperidine rings is 1. The molecule has 2 aliphatic heterocycles. The van der Waals surface area contributed by atoms with Gasteiger partial charge in [-0.2, -0.15) is 0 Å². The number of nitrogens with zero attached hydrogens (tertiary/aromatic N) is 2. The molecular weight excluding hydrogens is 483 g/mol. The standard InChI is InChI=1S/C28H34Cl2N2O3/c1-3-24(19-31-12-15-35-16-13-31)32-26(20-7-9-22(29)10-8-20)25(21-5-4-6-23(30)17-21)18-28(2,11-14-33)27(32)34/h4-10,14,17,24-26H,3,11-13,15-16,18-19H2,1-2H3/t24?,25?,26-,28+/m1/s1. The van der Waals surface area contributed by atoms with Gasteiger partial charge >= 0.3 is 0 Å². The third-order valence-corrected chi connectivity index (χ3v) is 8.05. The maximum Gasteiger partial charge on any atom is 0.229 e. The van der Waals surface area contributed by atoms with Crippen LogP contribution >= 0.6 is 23.2 Å². The fourth-order valence-corrected chi connectivity index (χ4v) is 5.97. The van der Waals surface area contributed by atoms with Crippen LogP contribution in [0.5, 0.6) is 0 Å². The molecule has 35 heavy (non-hydrogen) atoms. The van der Waals surface area contributed by atoms with E-state index in [0.29, 0.717) is 29.7 Å². The maximum atomic E-state index is 14.2. The number of carbonyl (C=O) groups excluding carboxylic acids is 2. The molecule has 2 unspecified atom stereocenters. The summed E-state index contributed by atoms with van der Waals surface area (Å²) >= 11 is 12.7. The summed E-state index contributed by atoms with van der Waals surface area (Å²) in [4.78, 5) is 30.4. The first-order valence-corrected chi connectivity index (χ1v) is 13.2. The molecular formula is C28H34Cl2N2O3. The first-order chi connectivity index (χ1) is 16.9. The Bertz CT molecular complexity index is 1030. The molecule has 4 atom stereocenters. The lowest BCUT2D eigenvalue weighted by Gasteiger charge is -2.52. The van der Waals surface area contributed by atoms with Crippen LogP contribution in [0.2, 0.25) is 10.0 Å². The summed E-state index contributed by atoms with van der Waals surface area (Å²) in [5, 5.41) is 1.33. The molecule has 0 N–H and O–H groups in total. The Morgan fingerprint density at radius 1 is 1.09 bits per heavy atom. The monoisotopic (exact) mass is 516 g/mol. The topological polar surface area (TPSA) is 49.9 Å². The predicted octanol–water partition coefficient (Wildman–Crippen LogP) is 5.76. The molecule has 2 saturated heterocycles. The molecule has 4 rings (SSSR count). The van der Waals surface area contributed by atoms with Crippen molar-refractivity contribution in [3.63, 3.8) is 0 Å². The molecule has 0 aliphatic carbocycles. The van der Waals surface area contributed by atoms with Gasteiger partial charge in [-0.3, -0.25) is 9.69 Å². The highest BCUT2D eigenvalue weighted by atomic mass is 35.5. The number of ether oxygens (including phenoxy) is 1. The first kappa shape index (κ1) is 26.2. The molecule has 0 spiro atoms. The summed E-state index contributed by atoms with van der Waals surface area (Å²) < 4.78 is 5.55. The molecule has 0 bridgehead atoms. The molecule has 2 aliphatic rings.